The summed E-state index contributed by atoms with van der Waals surface area (Å²) < 4.78 is 28.6. The maximum atomic E-state index is 13.0. The average Bonchev–Trinajstić information content (AvgIpc) is 2.80. The summed E-state index contributed by atoms with van der Waals surface area (Å²) in [5.74, 6) is 0.171. The molecule has 10 heteroatoms. The molecule has 0 bridgehead atoms. The molecule has 0 aliphatic heterocycles. The molecule has 0 saturated carbocycles. The lowest BCUT2D eigenvalue weighted by molar-refractivity contribution is -0.145. The quantitative estimate of drug-likeness (QED) is 0.454. The highest BCUT2D eigenvalue weighted by Gasteiger charge is 2.13. The molecule has 0 atom stereocenters. The lowest BCUT2D eigenvalue weighted by Crippen LogP contribution is -2.14. The van der Waals surface area contributed by atoms with E-state index in [1.807, 2.05) is 0 Å². The van der Waals surface area contributed by atoms with Crippen molar-refractivity contribution in [2.45, 2.75) is 13.3 Å². The van der Waals surface area contributed by atoms with E-state index in [4.69, 9.17) is 25.8 Å². The zero-order chi connectivity index (χ0) is 22.9. The van der Waals surface area contributed by atoms with Crippen molar-refractivity contribution in [3.8, 4) is 23.1 Å². The predicted molar refractivity (Wildman–Crippen MR) is 118 cm³/mol. The number of carbonyl (C=O) groups is 1. The van der Waals surface area contributed by atoms with E-state index < -0.39 is 5.97 Å². The van der Waals surface area contributed by atoms with Crippen LogP contribution in [0.1, 0.15) is 12.5 Å². The molecule has 8 nitrogen and oxygen atoms in total. The van der Waals surface area contributed by atoms with Crippen molar-refractivity contribution in [2.24, 2.45) is 0 Å². The van der Waals surface area contributed by atoms with Crippen LogP contribution in [0.4, 0.5) is 10.3 Å². The van der Waals surface area contributed by atoms with Gasteiger partial charge in [-0.25, -0.2) is 9.18 Å². The van der Waals surface area contributed by atoms with Crippen molar-refractivity contribution in [3.05, 3.63) is 58.9 Å². The van der Waals surface area contributed by atoms with Gasteiger partial charge in [0.15, 0.2) is 12.4 Å². The number of aromatic nitrogens is 3. The number of carbonyl (C=O) groups excluding carboxylic acids is 1. The molecule has 2 aromatic carbocycles. The van der Waals surface area contributed by atoms with Crippen molar-refractivity contribution in [2.75, 3.05) is 32.2 Å². The minimum absolute atomic E-state index is 0.128. The fourth-order valence-electron chi connectivity index (χ4n) is 2.72. The molecule has 0 fully saturated rings. The second-order valence-electron chi connectivity index (χ2n) is 6.51. The molecule has 0 radical (unpaired) electrons. The Balaban J connectivity index is 1.74. The van der Waals surface area contributed by atoms with Crippen LogP contribution < -0.4 is 14.8 Å². The van der Waals surface area contributed by atoms with Gasteiger partial charge in [-0.05, 0) is 49.2 Å². The highest BCUT2D eigenvalue weighted by molar-refractivity contribution is 6.32. The van der Waals surface area contributed by atoms with Gasteiger partial charge in [0, 0.05) is 12.1 Å². The molecule has 168 valence electrons. The topological polar surface area (TPSA) is 95.5 Å². The van der Waals surface area contributed by atoms with E-state index in [0.29, 0.717) is 41.1 Å². The van der Waals surface area contributed by atoms with Gasteiger partial charge in [0.2, 0.25) is 5.95 Å². The highest BCUT2D eigenvalue weighted by atomic mass is 35.5. The number of nitrogens with one attached hydrogen (secondary N) is 1. The molecule has 0 aliphatic carbocycles. The minimum Gasteiger partial charge on any atom is -0.480 e. The first-order chi connectivity index (χ1) is 15.5. The Hall–Kier alpha value is -3.46. The molecule has 3 aromatic rings. The van der Waals surface area contributed by atoms with E-state index in [1.54, 1.807) is 37.3 Å². The van der Waals surface area contributed by atoms with Crippen LogP contribution in [0.25, 0.3) is 11.4 Å². The Morgan fingerprint density at radius 1 is 1.12 bits per heavy atom. The first-order valence-corrected chi connectivity index (χ1v) is 10.2. The van der Waals surface area contributed by atoms with Gasteiger partial charge >= 0.3 is 12.0 Å². The van der Waals surface area contributed by atoms with Gasteiger partial charge < -0.3 is 19.5 Å². The van der Waals surface area contributed by atoms with E-state index in [1.165, 1.54) is 19.2 Å². The molecule has 0 saturated heterocycles. The van der Waals surface area contributed by atoms with E-state index in [2.05, 4.69) is 20.3 Å². The normalized spacial score (nSPS) is 10.5. The van der Waals surface area contributed by atoms with Gasteiger partial charge in [-0.1, -0.05) is 23.7 Å². The van der Waals surface area contributed by atoms with Crippen molar-refractivity contribution in [1.29, 1.82) is 0 Å². The summed E-state index contributed by atoms with van der Waals surface area (Å²) >= 11 is 6.18. The summed E-state index contributed by atoms with van der Waals surface area (Å²) in [6.07, 6.45) is 0.649. The lowest BCUT2D eigenvalue weighted by Gasteiger charge is -2.11. The fraction of sp³-hybridized carbons (Fsp3) is 0.273. The summed E-state index contributed by atoms with van der Waals surface area (Å²) in [5, 5.41) is 3.45. The molecule has 0 unspecified atom stereocenters. The Morgan fingerprint density at radius 3 is 2.62 bits per heavy atom. The number of rotatable bonds is 10. The fourth-order valence-corrected chi connectivity index (χ4v) is 2.89. The number of nitrogens with zero attached hydrogens (tertiary/aromatic N) is 3. The number of hydrogen-bond donors (Lipinski definition) is 1. The van der Waals surface area contributed by atoms with E-state index in [-0.39, 0.29) is 25.0 Å². The van der Waals surface area contributed by atoms with Crippen LogP contribution in [-0.2, 0) is 16.0 Å². The van der Waals surface area contributed by atoms with Crippen molar-refractivity contribution in [3.63, 3.8) is 0 Å². The third-order valence-electron chi connectivity index (χ3n) is 4.25. The van der Waals surface area contributed by atoms with Gasteiger partial charge in [0.1, 0.15) is 11.6 Å². The number of anilines is 1. The Morgan fingerprint density at radius 2 is 1.91 bits per heavy atom. The smallest absolute Gasteiger partial charge is 0.344 e. The molecule has 32 heavy (non-hydrogen) atoms. The summed E-state index contributed by atoms with van der Waals surface area (Å²) in [4.78, 5) is 24.5. The van der Waals surface area contributed by atoms with E-state index in [9.17, 15) is 9.18 Å². The maximum absolute atomic E-state index is 13.0. The summed E-state index contributed by atoms with van der Waals surface area (Å²) in [5.41, 5.74) is 1.57. The number of hydrogen-bond acceptors (Lipinski definition) is 8. The van der Waals surface area contributed by atoms with E-state index in [0.717, 1.165) is 5.56 Å². The molecule has 1 N–H and O–H groups in total. The van der Waals surface area contributed by atoms with Gasteiger partial charge in [0.25, 0.3) is 0 Å². The van der Waals surface area contributed by atoms with E-state index >= 15 is 0 Å². The first-order valence-electron chi connectivity index (χ1n) is 9.85. The number of halogens is 2. The average molecular weight is 461 g/mol. The van der Waals surface area contributed by atoms with Crippen LogP contribution in [-0.4, -0.2) is 47.8 Å². The molecular weight excluding hydrogens is 439 g/mol. The molecule has 0 amide bonds. The molecule has 0 aliphatic rings. The van der Waals surface area contributed by atoms with Crippen LogP contribution >= 0.6 is 11.6 Å². The molecular formula is C22H22ClFN4O4. The monoisotopic (exact) mass is 460 g/mol. The summed E-state index contributed by atoms with van der Waals surface area (Å²) in [6.45, 7) is 2.23. The van der Waals surface area contributed by atoms with Gasteiger partial charge in [-0.3, -0.25) is 0 Å². The van der Waals surface area contributed by atoms with Gasteiger partial charge in [-0.2, -0.15) is 15.0 Å². The van der Waals surface area contributed by atoms with Crippen LogP contribution in [0.3, 0.4) is 0 Å². The van der Waals surface area contributed by atoms with Crippen molar-refractivity contribution >= 4 is 23.5 Å². The number of ether oxygens (including phenoxy) is 3. The third kappa shape index (κ3) is 6.52. The summed E-state index contributed by atoms with van der Waals surface area (Å²) in [6, 6.07) is 11.4. The Bertz CT molecular complexity index is 1070. The lowest BCUT2D eigenvalue weighted by atomic mass is 10.1. The maximum Gasteiger partial charge on any atom is 0.344 e. The second-order valence-corrected chi connectivity index (χ2v) is 6.92. The summed E-state index contributed by atoms with van der Waals surface area (Å²) in [7, 11) is 1.46. The number of benzene rings is 2. The largest absolute Gasteiger partial charge is 0.480 e. The Labute approximate surface area is 189 Å². The SMILES string of the molecule is CCOC(=O)COc1cc(-c2nc(NCCc3ccc(F)cc3)nc(OC)n2)ccc1Cl. The van der Waals surface area contributed by atoms with Crippen LogP contribution in [0, 0.1) is 5.82 Å². The van der Waals surface area contributed by atoms with Crippen LogP contribution in [0.15, 0.2) is 42.5 Å². The van der Waals surface area contributed by atoms with Crippen molar-refractivity contribution < 1.29 is 23.4 Å². The van der Waals surface area contributed by atoms with Crippen LogP contribution in [0.2, 0.25) is 5.02 Å². The van der Waals surface area contributed by atoms with Gasteiger partial charge in [-0.15, -0.1) is 0 Å². The molecule has 1 heterocycles. The Kier molecular flexibility index (Phi) is 8.15. The number of esters is 1. The molecule has 1 aromatic heterocycles. The second kappa shape index (κ2) is 11.2. The van der Waals surface area contributed by atoms with Crippen molar-refractivity contribution in [1.82, 2.24) is 15.0 Å². The molecule has 3 rings (SSSR count). The highest BCUT2D eigenvalue weighted by Crippen LogP contribution is 2.30. The standard InChI is InChI=1S/C22H22ClFN4O4/c1-3-31-19(29)13-32-18-12-15(6-9-17(18)23)20-26-21(28-22(27-20)30-2)25-11-10-14-4-7-16(24)8-5-14/h4-9,12H,3,10-11,13H2,1-2H3,(H,25,26,27,28). The van der Waals surface area contributed by atoms with Crippen LogP contribution in [0.5, 0.6) is 11.8 Å². The minimum atomic E-state index is -0.497. The first kappa shape index (κ1) is 23.2. The zero-order valence-corrected chi connectivity index (χ0v) is 18.4. The number of methoxy groups -OCH3 is 1. The van der Waals surface area contributed by atoms with Gasteiger partial charge in [0.05, 0.1) is 18.7 Å². The zero-order valence-electron chi connectivity index (χ0n) is 17.6. The predicted octanol–water partition coefficient (Wildman–Crippen LogP) is 3.94. The third-order valence-corrected chi connectivity index (χ3v) is 4.56. The molecule has 0 spiro atoms.